The predicted octanol–water partition coefficient (Wildman–Crippen LogP) is 5.12. The van der Waals surface area contributed by atoms with Crippen LogP contribution in [-0.4, -0.2) is 4.89 Å². The van der Waals surface area contributed by atoms with Crippen molar-refractivity contribution in [3.8, 4) is 0 Å². The van der Waals surface area contributed by atoms with E-state index < -0.39 is 8.03 Å². The average molecular weight is 323 g/mol. The first kappa shape index (κ1) is 15.5. The van der Waals surface area contributed by atoms with Crippen molar-refractivity contribution < 1.29 is 9.46 Å². The minimum absolute atomic E-state index is 0.224. The highest BCUT2D eigenvalue weighted by Gasteiger charge is 2.11. The van der Waals surface area contributed by atoms with Crippen molar-refractivity contribution in [3.63, 3.8) is 0 Å². The van der Waals surface area contributed by atoms with Crippen molar-refractivity contribution in [2.45, 2.75) is 6.16 Å². The zero-order valence-electron chi connectivity index (χ0n) is 12.6. The van der Waals surface area contributed by atoms with E-state index in [1.54, 1.807) is 0 Å². The van der Waals surface area contributed by atoms with Gasteiger partial charge in [-0.3, -0.25) is 4.57 Å². The normalized spacial score (nSPS) is 11.9. The van der Waals surface area contributed by atoms with Crippen LogP contribution in [0.1, 0.15) is 5.56 Å². The fourth-order valence-corrected chi connectivity index (χ4v) is 3.12. The molecule has 0 saturated carbocycles. The molecule has 23 heavy (non-hydrogen) atoms. The molecule has 0 radical (unpaired) electrons. The highest BCUT2D eigenvalue weighted by molar-refractivity contribution is 7.37. The molecule has 0 fully saturated rings. The highest BCUT2D eigenvalue weighted by atomic mass is 31.1. The van der Waals surface area contributed by atoms with E-state index in [2.05, 4.69) is 29.2 Å². The number of hydrogen-bond donors (Lipinski definition) is 1. The summed E-state index contributed by atoms with van der Waals surface area (Å²) >= 11 is 0. The largest absolute Gasteiger partial charge is 0.346 e. The molecule has 3 rings (SSSR count). The summed E-state index contributed by atoms with van der Waals surface area (Å²) in [4.78, 5) is 11.2. The summed E-state index contributed by atoms with van der Waals surface area (Å²) in [6, 6.07) is 28.1. The van der Waals surface area contributed by atoms with Crippen molar-refractivity contribution in [1.29, 1.82) is 0 Å². The van der Waals surface area contributed by atoms with E-state index in [0.29, 0.717) is 0 Å². The molecule has 3 aromatic carbocycles. The van der Waals surface area contributed by atoms with Gasteiger partial charge in [0.25, 0.3) is 0 Å². The van der Waals surface area contributed by atoms with Gasteiger partial charge >= 0.3 is 0 Å². The van der Waals surface area contributed by atoms with Gasteiger partial charge in [-0.15, -0.1) is 0 Å². The molecule has 0 aliphatic rings. The first-order chi connectivity index (χ1) is 11.2. The third-order valence-corrected chi connectivity index (χ3v) is 4.29. The second-order valence-corrected chi connectivity index (χ2v) is 6.38. The van der Waals surface area contributed by atoms with Gasteiger partial charge in [-0.05, 0) is 42.0 Å². The molecule has 0 aliphatic heterocycles. The second-order valence-electron chi connectivity index (χ2n) is 5.24. The molecule has 0 bridgehead atoms. The minimum Gasteiger partial charge on any atom is -0.346 e. The molecule has 0 spiro atoms. The van der Waals surface area contributed by atoms with Crippen LogP contribution in [0.2, 0.25) is 0 Å². The molecule has 0 heterocycles. The van der Waals surface area contributed by atoms with Gasteiger partial charge in [0.15, 0.2) is 8.03 Å². The van der Waals surface area contributed by atoms with Crippen LogP contribution in [-0.2, 0) is 10.7 Å². The number of hydrogen-bond acceptors (Lipinski definition) is 2. The topological polar surface area (TPSA) is 40.5 Å². The molecule has 116 valence electrons. The summed E-state index contributed by atoms with van der Waals surface area (Å²) in [5.41, 5.74) is 4.04. The lowest BCUT2D eigenvalue weighted by atomic mass is 10.1. The Morgan fingerprint density at radius 2 is 1.13 bits per heavy atom. The summed E-state index contributed by atoms with van der Waals surface area (Å²) in [5.74, 6) is 0. The Labute approximate surface area is 136 Å². The van der Waals surface area contributed by atoms with Crippen LogP contribution >= 0.6 is 8.03 Å². The average Bonchev–Trinajstić information content (AvgIpc) is 2.58. The molecule has 1 unspecified atom stereocenters. The van der Waals surface area contributed by atoms with Crippen molar-refractivity contribution in [1.82, 2.24) is 0 Å². The van der Waals surface area contributed by atoms with E-state index in [0.717, 1.165) is 22.6 Å². The first-order valence-corrected chi connectivity index (χ1v) is 9.01. The van der Waals surface area contributed by atoms with Crippen LogP contribution in [0.25, 0.3) is 0 Å². The maximum absolute atomic E-state index is 11.0. The lowest BCUT2D eigenvalue weighted by Gasteiger charge is -2.25. The van der Waals surface area contributed by atoms with Crippen LogP contribution in [0.4, 0.5) is 17.1 Å². The van der Waals surface area contributed by atoms with Gasteiger partial charge in [-0.2, -0.15) is 0 Å². The third-order valence-electron chi connectivity index (χ3n) is 3.58. The number of rotatable bonds is 5. The molecule has 0 aliphatic carbocycles. The van der Waals surface area contributed by atoms with E-state index in [4.69, 9.17) is 4.89 Å². The van der Waals surface area contributed by atoms with Crippen LogP contribution in [0.3, 0.4) is 0 Å². The first-order valence-electron chi connectivity index (χ1n) is 7.45. The second kappa shape index (κ2) is 7.28. The molecule has 0 amide bonds. The van der Waals surface area contributed by atoms with E-state index in [1.165, 1.54) is 0 Å². The van der Waals surface area contributed by atoms with E-state index >= 15 is 0 Å². The Morgan fingerprint density at radius 1 is 0.696 bits per heavy atom. The SMILES string of the molecule is O=[PH](O)Cc1ccc(N(c2ccccc2)c2ccccc2)cc1. The zero-order chi connectivity index (χ0) is 16.1. The van der Waals surface area contributed by atoms with Crippen molar-refractivity contribution in [2.24, 2.45) is 0 Å². The van der Waals surface area contributed by atoms with Crippen molar-refractivity contribution in [3.05, 3.63) is 90.5 Å². The number of anilines is 3. The van der Waals surface area contributed by atoms with E-state index in [9.17, 15) is 4.57 Å². The van der Waals surface area contributed by atoms with Crippen molar-refractivity contribution in [2.75, 3.05) is 4.90 Å². The highest BCUT2D eigenvalue weighted by Crippen LogP contribution is 2.34. The molecular formula is C19H18NO2P. The van der Waals surface area contributed by atoms with Gasteiger partial charge in [0.1, 0.15) is 0 Å². The van der Waals surface area contributed by atoms with Gasteiger partial charge in [-0.25, -0.2) is 0 Å². The third kappa shape index (κ3) is 3.89. The quantitative estimate of drug-likeness (QED) is 0.662. The molecule has 0 aromatic heterocycles. The lowest BCUT2D eigenvalue weighted by Crippen LogP contribution is -2.09. The Morgan fingerprint density at radius 3 is 1.57 bits per heavy atom. The Balaban J connectivity index is 2.00. The fraction of sp³-hybridized carbons (Fsp3) is 0.0526. The van der Waals surface area contributed by atoms with Crippen LogP contribution in [0.15, 0.2) is 84.9 Å². The summed E-state index contributed by atoms with van der Waals surface area (Å²) < 4.78 is 11.0. The molecular weight excluding hydrogens is 305 g/mol. The lowest BCUT2D eigenvalue weighted by molar-refractivity contribution is 0.502. The summed E-state index contributed by atoms with van der Waals surface area (Å²) in [6.07, 6.45) is 0.224. The van der Waals surface area contributed by atoms with Gasteiger partial charge in [0.2, 0.25) is 0 Å². The molecule has 4 heteroatoms. The molecule has 1 atom stereocenters. The van der Waals surface area contributed by atoms with Gasteiger partial charge < -0.3 is 9.79 Å². The number of nitrogens with zero attached hydrogens (tertiary/aromatic N) is 1. The monoisotopic (exact) mass is 323 g/mol. The Bertz CT molecular complexity index is 734. The smallest absolute Gasteiger partial charge is 0.193 e. The Hall–Kier alpha value is -2.35. The predicted molar refractivity (Wildman–Crippen MR) is 96.0 cm³/mol. The summed E-state index contributed by atoms with van der Waals surface area (Å²) in [5, 5.41) is 0. The fourth-order valence-electron chi connectivity index (χ4n) is 2.54. The van der Waals surface area contributed by atoms with Gasteiger partial charge in [0, 0.05) is 23.2 Å². The van der Waals surface area contributed by atoms with Gasteiger partial charge in [-0.1, -0.05) is 48.5 Å². The Kier molecular flexibility index (Phi) is 4.92. The maximum Gasteiger partial charge on any atom is 0.193 e. The van der Waals surface area contributed by atoms with Crippen molar-refractivity contribution >= 4 is 25.1 Å². The molecule has 1 N–H and O–H groups in total. The summed E-state index contributed by atoms with van der Waals surface area (Å²) in [7, 11) is -2.49. The number of benzene rings is 3. The van der Waals surface area contributed by atoms with Gasteiger partial charge in [0.05, 0.1) is 0 Å². The van der Waals surface area contributed by atoms with E-state index in [-0.39, 0.29) is 6.16 Å². The summed E-state index contributed by atoms with van der Waals surface area (Å²) in [6.45, 7) is 0. The maximum atomic E-state index is 11.0. The van der Waals surface area contributed by atoms with Crippen LogP contribution < -0.4 is 4.90 Å². The van der Waals surface area contributed by atoms with Crippen LogP contribution in [0.5, 0.6) is 0 Å². The van der Waals surface area contributed by atoms with E-state index in [1.807, 2.05) is 60.7 Å². The minimum atomic E-state index is -2.49. The zero-order valence-corrected chi connectivity index (χ0v) is 13.6. The molecule has 3 nitrogen and oxygen atoms in total. The van der Waals surface area contributed by atoms with Crippen LogP contribution in [0, 0.1) is 0 Å². The molecule has 3 aromatic rings. The standard InChI is InChI=1S/C19H18NO2P/c21-23(22)15-16-11-13-19(14-12-16)20(17-7-3-1-4-8-17)18-9-5-2-6-10-18/h1-14,23H,15H2,(H,21,22). The molecule has 0 saturated heterocycles. The number of para-hydroxylation sites is 2.